The van der Waals surface area contributed by atoms with E-state index >= 15 is 0 Å². The van der Waals surface area contributed by atoms with Crippen molar-refractivity contribution in [1.29, 1.82) is 0 Å². The van der Waals surface area contributed by atoms with Crippen LogP contribution in [0.5, 0.6) is 5.75 Å². The number of halogens is 2. The Labute approximate surface area is 126 Å². The van der Waals surface area contributed by atoms with Crippen LogP contribution < -0.4 is 10.1 Å². The van der Waals surface area contributed by atoms with E-state index in [4.69, 9.17) is 4.74 Å². The maximum absolute atomic E-state index is 6.22. The van der Waals surface area contributed by atoms with Crippen LogP contribution in [0.4, 0.5) is 0 Å². The molecule has 1 saturated carbocycles. The van der Waals surface area contributed by atoms with Crippen LogP contribution in [0.25, 0.3) is 0 Å². The van der Waals surface area contributed by atoms with Crippen molar-refractivity contribution in [3.05, 3.63) is 27.1 Å². The molecule has 4 heteroatoms. The Kier molecular flexibility index (Phi) is 4.40. The number of hydrogen-bond donors (Lipinski definition) is 1. The van der Waals surface area contributed by atoms with Crippen LogP contribution in [0.15, 0.2) is 27.1 Å². The van der Waals surface area contributed by atoms with Crippen molar-refractivity contribution in [3.8, 4) is 5.75 Å². The normalized spacial score (nSPS) is 30.9. The maximum Gasteiger partial charge on any atom is 0.148 e. The van der Waals surface area contributed by atoms with E-state index in [1.807, 2.05) is 25.2 Å². The third kappa shape index (κ3) is 2.35. The summed E-state index contributed by atoms with van der Waals surface area (Å²) in [4.78, 5) is 0. The molecule has 3 unspecified atom stereocenters. The summed E-state index contributed by atoms with van der Waals surface area (Å²) < 4.78 is 8.22. The molecule has 1 aromatic rings. The summed E-state index contributed by atoms with van der Waals surface area (Å²) in [5.74, 6) is 0.914. The van der Waals surface area contributed by atoms with E-state index in [0.717, 1.165) is 27.5 Å². The van der Waals surface area contributed by atoms with Gasteiger partial charge in [-0.15, -0.1) is 0 Å². The monoisotopic (exact) mass is 375 g/mol. The molecular formula is C14H19Br2NO. The quantitative estimate of drug-likeness (QED) is 0.842. The van der Waals surface area contributed by atoms with Crippen LogP contribution in [-0.4, -0.2) is 19.2 Å². The standard InChI is InChI=1S/C14H19Br2NO/c1-4-14(2)11(17-3)8-12(14)18-13-9(15)6-5-7-10(13)16/h5-7,11-12,17H,4,8H2,1-3H3. The van der Waals surface area contributed by atoms with Crippen LogP contribution in [0.2, 0.25) is 0 Å². The van der Waals surface area contributed by atoms with Crippen molar-refractivity contribution in [2.75, 3.05) is 7.05 Å². The first-order valence-electron chi connectivity index (χ1n) is 6.30. The largest absolute Gasteiger partial charge is 0.487 e. The van der Waals surface area contributed by atoms with Gasteiger partial charge in [-0.25, -0.2) is 0 Å². The highest BCUT2D eigenvalue weighted by atomic mass is 79.9. The van der Waals surface area contributed by atoms with E-state index in [0.29, 0.717) is 6.04 Å². The maximum atomic E-state index is 6.22. The zero-order valence-electron chi connectivity index (χ0n) is 11.0. The van der Waals surface area contributed by atoms with E-state index in [1.165, 1.54) is 0 Å². The number of rotatable bonds is 4. The van der Waals surface area contributed by atoms with Gasteiger partial charge in [0.1, 0.15) is 11.9 Å². The van der Waals surface area contributed by atoms with Crippen molar-refractivity contribution in [2.45, 2.75) is 38.8 Å². The molecule has 18 heavy (non-hydrogen) atoms. The van der Waals surface area contributed by atoms with Crippen molar-refractivity contribution in [1.82, 2.24) is 5.32 Å². The van der Waals surface area contributed by atoms with Gasteiger partial charge in [0.15, 0.2) is 0 Å². The summed E-state index contributed by atoms with van der Waals surface area (Å²) in [6.07, 6.45) is 2.45. The second kappa shape index (κ2) is 5.51. The molecule has 0 saturated heterocycles. The fraction of sp³-hybridized carbons (Fsp3) is 0.571. The number of hydrogen-bond acceptors (Lipinski definition) is 2. The molecule has 0 amide bonds. The smallest absolute Gasteiger partial charge is 0.148 e. The molecule has 2 rings (SSSR count). The van der Waals surface area contributed by atoms with E-state index in [2.05, 4.69) is 51.0 Å². The van der Waals surface area contributed by atoms with Crippen molar-refractivity contribution >= 4 is 31.9 Å². The molecule has 0 aliphatic heterocycles. The third-order valence-corrected chi connectivity index (χ3v) is 5.52. The van der Waals surface area contributed by atoms with Crippen LogP contribution >= 0.6 is 31.9 Å². The van der Waals surface area contributed by atoms with Crippen LogP contribution in [0, 0.1) is 5.41 Å². The Morgan fingerprint density at radius 1 is 1.39 bits per heavy atom. The summed E-state index contributed by atoms with van der Waals surface area (Å²) in [6, 6.07) is 6.57. The van der Waals surface area contributed by atoms with Gasteiger partial charge < -0.3 is 10.1 Å². The zero-order valence-corrected chi connectivity index (χ0v) is 14.1. The Morgan fingerprint density at radius 3 is 2.50 bits per heavy atom. The van der Waals surface area contributed by atoms with E-state index in [-0.39, 0.29) is 11.5 Å². The molecular weight excluding hydrogens is 358 g/mol. The molecule has 0 radical (unpaired) electrons. The minimum Gasteiger partial charge on any atom is -0.487 e. The predicted octanol–water partition coefficient (Wildman–Crippen LogP) is 4.37. The van der Waals surface area contributed by atoms with Gasteiger partial charge in [0.05, 0.1) is 8.95 Å². The third-order valence-electron chi connectivity index (χ3n) is 4.27. The molecule has 1 aromatic carbocycles. The average molecular weight is 377 g/mol. The number of para-hydroxylation sites is 1. The second-order valence-electron chi connectivity index (χ2n) is 5.09. The van der Waals surface area contributed by atoms with Crippen molar-refractivity contribution in [3.63, 3.8) is 0 Å². The van der Waals surface area contributed by atoms with Crippen LogP contribution in [-0.2, 0) is 0 Å². The minimum absolute atomic E-state index is 0.212. The van der Waals surface area contributed by atoms with Gasteiger partial charge in [0, 0.05) is 17.9 Å². The summed E-state index contributed by atoms with van der Waals surface area (Å²) in [6.45, 7) is 4.53. The summed E-state index contributed by atoms with van der Waals surface area (Å²) in [7, 11) is 2.03. The lowest BCUT2D eigenvalue weighted by Gasteiger charge is -2.53. The molecule has 1 aliphatic carbocycles. The number of nitrogens with one attached hydrogen (secondary N) is 1. The summed E-state index contributed by atoms with van der Waals surface area (Å²) >= 11 is 7.10. The second-order valence-corrected chi connectivity index (χ2v) is 6.80. The molecule has 1 aliphatic rings. The van der Waals surface area contributed by atoms with Gasteiger partial charge in [0.2, 0.25) is 0 Å². The zero-order chi connectivity index (χ0) is 13.3. The molecule has 1 fully saturated rings. The SMILES string of the molecule is CCC1(C)C(NC)CC1Oc1c(Br)cccc1Br. The molecule has 100 valence electrons. The first-order chi connectivity index (χ1) is 8.52. The Bertz CT molecular complexity index is 418. The molecule has 3 atom stereocenters. The molecule has 0 heterocycles. The van der Waals surface area contributed by atoms with Gasteiger partial charge in [-0.2, -0.15) is 0 Å². The highest BCUT2D eigenvalue weighted by molar-refractivity contribution is 9.11. The summed E-state index contributed by atoms with van der Waals surface area (Å²) in [5.41, 5.74) is 0.212. The van der Waals surface area contributed by atoms with Crippen molar-refractivity contribution in [2.24, 2.45) is 5.41 Å². The molecule has 1 N–H and O–H groups in total. The first-order valence-corrected chi connectivity index (χ1v) is 7.89. The van der Waals surface area contributed by atoms with E-state index in [1.54, 1.807) is 0 Å². The average Bonchev–Trinajstić information content (AvgIpc) is 2.35. The molecule has 0 bridgehead atoms. The Hall–Kier alpha value is -0.0600. The predicted molar refractivity (Wildman–Crippen MR) is 82.1 cm³/mol. The molecule has 2 nitrogen and oxygen atoms in total. The topological polar surface area (TPSA) is 21.3 Å². The van der Waals surface area contributed by atoms with Gasteiger partial charge in [-0.05, 0) is 57.5 Å². The molecule has 0 aromatic heterocycles. The first kappa shape index (κ1) is 14.4. The van der Waals surface area contributed by atoms with Gasteiger partial charge in [0.25, 0.3) is 0 Å². The van der Waals surface area contributed by atoms with Gasteiger partial charge in [-0.1, -0.05) is 19.9 Å². The molecule has 0 spiro atoms. The fourth-order valence-electron chi connectivity index (χ4n) is 2.66. The minimum atomic E-state index is 0.212. The van der Waals surface area contributed by atoms with Gasteiger partial charge >= 0.3 is 0 Å². The summed E-state index contributed by atoms with van der Waals surface area (Å²) in [5, 5.41) is 3.38. The van der Waals surface area contributed by atoms with Crippen LogP contribution in [0.1, 0.15) is 26.7 Å². The van der Waals surface area contributed by atoms with Gasteiger partial charge in [-0.3, -0.25) is 0 Å². The lowest BCUT2D eigenvalue weighted by molar-refractivity contribution is -0.0684. The highest BCUT2D eigenvalue weighted by Crippen LogP contribution is 2.47. The Morgan fingerprint density at radius 2 is 2.00 bits per heavy atom. The van der Waals surface area contributed by atoms with Crippen molar-refractivity contribution < 1.29 is 4.74 Å². The lowest BCUT2D eigenvalue weighted by Crippen LogP contribution is -2.62. The van der Waals surface area contributed by atoms with E-state index in [9.17, 15) is 0 Å². The fourth-order valence-corrected chi connectivity index (χ4v) is 3.84. The van der Waals surface area contributed by atoms with Crippen LogP contribution in [0.3, 0.4) is 0 Å². The number of ether oxygens (including phenoxy) is 1. The highest BCUT2D eigenvalue weighted by Gasteiger charge is 2.51. The lowest BCUT2D eigenvalue weighted by atomic mass is 9.61. The number of benzene rings is 1. The Balaban J connectivity index is 2.16. The van der Waals surface area contributed by atoms with E-state index < -0.39 is 0 Å².